The lowest BCUT2D eigenvalue weighted by atomic mass is 9.59. The summed E-state index contributed by atoms with van der Waals surface area (Å²) in [5.41, 5.74) is -4.98. The van der Waals surface area contributed by atoms with Gasteiger partial charge in [0, 0.05) is 0 Å². The molecular weight excluding hydrogens is 364 g/mol. The van der Waals surface area contributed by atoms with Crippen LogP contribution < -0.4 is 0 Å². The van der Waals surface area contributed by atoms with Crippen LogP contribution in [0.3, 0.4) is 0 Å². The molecule has 0 rings (SSSR count). The number of carboxylic acids is 3. The summed E-state index contributed by atoms with van der Waals surface area (Å²) in [6.07, 6.45) is 0.819. The third-order valence-corrected chi connectivity index (χ3v) is 5.60. The summed E-state index contributed by atoms with van der Waals surface area (Å²) in [5.74, 6) is -6.17. The molecule has 0 aromatic heterocycles. The van der Waals surface area contributed by atoms with Crippen LogP contribution in [0.5, 0.6) is 0 Å². The predicted molar refractivity (Wildman–Crippen MR) is 106 cm³/mol. The molecule has 0 amide bonds. The van der Waals surface area contributed by atoms with Crippen LogP contribution in [-0.4, -0.2) is 43.9 Å². The maximum atomic E-state index is 12.4. The summed E-state index contributed by atoms with van der Waals surface area (Å²) in [6.45, 7) is 11.2. The Morgan fingerprint density at radius 1 is 0.679 bits per heavy atom. The number of aliphatic hydroxyl groups is 1. The van der Waals surface area contributed by atoms with Gasteiger partial charge in [-0.2, -0.15) is 0 Å². The lowest BCUT2D eigenvalue weighted by Crippen LogP contribution is -2.64. The maximum Gasteiger partial charge on any atom is 0.337 e. The highest BCUT2D eigenvalue weighted by Gasteiger charge is 2.65. The van der Waals surface area contributed by atoms with Crippen LogP contribution in [0.15, 0.2) is 0 Å². The van der Waals surface area contributed by atoms with Crippen LogP contribution in [0.1, 0.15) is 80.1 Å². The molecule has 0 saturated heterocycles. The normalized spacial score (nSPS) is 15.6. The topological polar surface area (TPSA) is 132 Å². The zero-order valence-electron chi connectivity index (χ0n) is 18.1. The van der Waals surface area contributed by atoms with Crippen molar-refractivity contribution < 1.29 is 34.8 Å². The highest BCUT2D eigenvalue weighted by molar-refractivity contribution is 5.93. The van der Waals surface area contributed by atoms with E-state index in [9.17, 15) is 34.8 Å². The van der Waals surface area contributed by atoms with E-state index in [1.54, 1.807) is 0 Å². The summed E-state index contributed by atoms with van der Waals surface area (Å²) in [5, 5.41) is 41.2. The van der Waals surface area contributed by atoms with E-state index in [1.165, 1.54) is 0 Å². The van der Waals surface area contributed by atoms with Gasteiger partial charge in [-0.05, 0) is 49.9 Å². The van der Waals surface area contributed by atoms with Gasteiger partial charge in [0.1, 0.15) is 5.41 Å². The number of rotatable bonds is 14. The summed E-state index contributed by atoms with van der Waals surface area (Å²) in [6, 6.07) is 0. The summed E-state index contributed by atoms with van der Waals surface area (Å²) in [7, 11) is 0. The Hall–Kier alpha value is -1.63. The summed E-state index contributed by atoms with van der Waals surface area (Å²) >= 11 is 0. The largest absolute Gasteiger partial charge is 0.481 e. The minimum absolute atomic E-state index is 0.0785. The Morgan fingerprint density at radius 3 is 1.32 bits per heavy atom. The van der Waals surface area contributed by atoms with E-state index >= 15 is 0 Å². The van der Waals surface area contributed by atoms with Crippen molar-refractivity contribution in [2.24, 2.45) is 29.1 Å². The molecule has 7 nitrogen and oxygen atoms in total. The van der Waals surface area contributed by atoms with E-state index in [2.05, 4.69) is 0 Å². The van der Waals surface area contributed by atoms with Crippen molar-refractivity contribution in [3.05, 3.63) is 0 Å². The molecule has 0 aliphatic carbocycles. The van der Waals surface area contributed by atoms with Crippen molar-refractivity contribution in [3.63, 3.8) is 0 Å². The molecule has 0 spiro atoms. The van der Waals surface area contributed by atoms with E-state index in [4.69, 9.17) is 0 Å². The van der Waals surface area contributed by atoms with Crippen molar-refractivity contribution >= 4 is 17.9 Å². The fraction of sp³-hybridized carbons (Fsp3) is 0.857. The van der Waals surface area contributed by atoms with Crippen LogP contribution in [-0.2, 0) is 14.4 Å². The molecule has 0 aromatic rings. The number of carboxylic acid groups (broad SMARTS) is 3. The van der Waals surface area contributed by atoms with Crippen LogP contribution in [0.4, 0.5) is 0 Å². The van der Waals surface area contributed by atoms with E-state index in [0.29, 0.717) is 19.3 Å². The van der Waals surface area contributed by atoms with E-state index < -0.39 is 34.8 Å². The lowest BCUT2D eigenvalue weighted by Gasteiger charge is -2.45. The van der Waals surface area contributed by atoms with Gasteiger partial charge in [-0.1, -0.05) is 48.0 Å². The Bertz CT molecular complexity index is 527. The molecule has 0 saturated carbocycles. The van der Waals surface area contributed by atoms with Crippen LogP contribution in [0.25, 0.3) is 0 Å². The summed E-state index contributed by atoms with van der Waals surface area (Å²) in [4.78, 5) is 36.7. The molecule has 28 heavy (non-hydrogen) atoms. The van der Waals surface area contributed by atoms with Gasteiger partial charge in [-0.25, -0.2) is 4.79 Å². The molecule has 0 fully saturated rings. The minimum Gasteiger partial charge on any atom is -0.481 e. The Morgan fingerprint density at radius 2 is 1.07 bits per heavy atom. The number of hydrogen-bond donors (Lipinski definition) is 4. The quantitative estimate of drug-likeness (QED) is 0.346. The first-order valence-corrected chi connectivity index (χ1v) is 10.1. The van der Waals surface area contributed by atoms with Crippen LogP contribution >= 0.6 is 0 Å². The molecule has 4 N–H and O–H groups in total. The Kier molecular flexibility index (Phi) is 10.2. The molecule has 0 bridgehead atoms. The van der Waals surface area contributed by atoms with Gasteiger partial charge in [0.15, 0.2) is 5.60 Å². The highest BCUT2D eigenvalue weighted by Crippen LogP contribution is 2.48. The first kappa shape index (κ1) is 26.4. The van der Waals surface area contributed by atoms with Gasteiger partial charge >= 0.3 is 17.9 Å². The van der Waals surface area contributed by atoms with Crippen molar-refractivity contribution in [2.75, 3.05) is 0 Å². The zero-order valence-corrected chi connectivity index (χ0v) is 18.1. The minimum atomic E-state index is -2.90. The molecule has 2 unspecified atom stereocenters. The molecule has 7 heteroatoms. The average molecular weight is 403 g/mol. The van der Waals surface area contributed by atoms with Crippen molar-refractivity contribution in [1.29, 1.82) is 0 Å². The second-order valence-corrected chi connectivity index (χ2v) is 9.19. The zero-order chi connectivity index (χ0) is 22.3. The van der Waals surface area contributed by atoms with E-state index in [-0.39, 0.29) is 37.0 Å². The Labute approximate surface area is 168 Å². The van der Waals surface area contributed by atoms with E-state index in [0.717, 1.165) is 0 Å². The molecule has 0 aliphatic rings. The van der Waals surface area contributed by atoms with Crippen molar-refractivity contribution in [1.82, 2.24) is 0 Å². The second-order valence-electron chi connectivity index (χ2n) is 9.19. The number of aliphatic carboxylic acids is 3. The maximum absolute atomic E-state index is 12.4. The van der Waals surface area contributed by atoms with Crippen LogP contribution in [0, 0.1) is 29.1 Å². The molecule has 0 radical (unpaired) electrons. The van der Waals surface area contributed by atoms with Crippen molar-refractivity contribution in [2.45, 2.75) is 85.7 Å². The molecule has 0 heterocycles. The van der Waals surface area contributed by atoms with Crippen LogP contribution in [0.2, 0.25) is 0 Å². The summed E-state index contributed by atoms with van der Waals surface area (Å²) < 4.78 is 0. The fourth-order valence-electron chi connectivity index (χ4n) is 3.65. The second kappa shape index (κ2) is 10.8. The van der Waals surface area contributed by atoms with Gasteiger partial charge in [0.2, 0.25) is 0 Å². The molecule has 164 valence electrons. The monoisotopic (exact) mass is 402 g/mol. The molecule has 0 aliphatic heterocycles. The van der Waals surface area contributed by atoms with Gasteiger partial charge in [0.25, 0.3) is 0 Å². The highest BCUT2D eigenvalue weighted by atomic mass is 16.4. The molecule has 0 aromatic carbocycles. The van der Waals surface area contributed by atoms with Gasteiger partial charge < -0.3 is 20.4 Å². The SMILES string of the molecule is CC(C)CCC(C(=O)O)C(O)(C(=O)O)C(CCC(C)C)(CCC(C)C)C(=O)O. The predicted octanol–water partition coefficient (Wildman–Crippen LogP) is 3.88. The third kappa shape index (κ3) is 6.19. The first-order chi connectivity index (χ1) is 12.7. The van der Waals surface area contributed by atoms with Gasteiger partial charge in [0.05, 0.1) is 5.92 Å². The standard InChI is InChI=1S/C21H38O7/c1-13(2)7-8-16(17(22)23)21(28,19(26)27)20(18(24)25,11-9-14(3)4)12-10-15(5)6/h13-16,28H,7-12H2,1-6H3,(H,22,23)(H,24,25)(H,26,27). The van der Waals surface area contributed by atoms with E-state index in [1.807, 2.05) is 41.5 Å². The third-order valence-electron chi connectivity index (χ3n) is 5.60. The number of carbonyl (C=O) groups is 3. The van der Waals surface area contributed by atoms with Gasteiger partial charge in [-0.15, -0.1) is 0 Å². The fourth-order valence-corrected chi connectivity index (χ4v) is 3.65. The number of hydrogen-bond acceptors (Lipinski definition) is 4. The van der Waals surface area contributed by atoms with Crippen molar-refractivity contribution in [3.8, 4) is 0 Å². The lowest BCUT2D eigenvalue weighted by molar-refractivity contribution is -0.208. The van der Waals surface area contributed by atoms with Gasteiger partial charge in [-0.3, -0.25) is 9.59 Å². The Balaban J connectivity index is 6.53. The smallest absolute Gasteiger partial charge is 0.337 e. The first-order valence-electron chi connectivity index (χ1n) is 10.1. The average Bonchev–Trinajstić information content (AvgIpc) is 2.53. The molecular formula is C21H38O7. The molecule has 2 atom stereocenters.